The molecule has 0 aliphatic heterocycles. The molecule has 29 heavy (non-hydrogen) atoms. The molecule has 0 aliphatic rings. The maximum absolute atomic E-state index is 12.4. The number of aryl methyl sites for hydroxylation is 1. The van der Waals surface area contributed by atoms with E-state index >= 15 is 0 Å². The Balaban J connectivity index is 1.71. The number of benzene rings is 1. The number of hydrogen-bond donors (Lipinski definition) is 1. The summed E-state index contributed by atoms with van der Waals surface area (Å²) < 4.78 is 6.62. The fourth-order valence-electron chi connectivity index (χ4n) is 2.76. The number of halogens is 2. The van der Waals surface area contributed by atoms with E-state index in [1.54, 1.807) is 43.3 Å². The minimum Gasteiger partial charge on any atom is -0.496 e. The number of nitrogens with zero attached hydrogens (tertiary/aromatic N) is 3. The zero-order chi connectivity index (χ0) is 21.0. The van der Waals surface area contributed by atoms with Crippen molar-refractivity contribution >= 4 is 40.7 Å². The minimum atomic E-state index is -0.334. The van der Waals surface area contributed by atoms with Gasteiger partial charge < -0.3 is 10.1 Å². The van der Waals surface area contributed by atoms with Gasteiger partial charge in [-0.15, -0.1) is 0 Å². The standard InChI is InChI=1S/C20H18Cl2N4O3/c1-12-9-18(26(25-12)20-15(22)10-13(21)11-23-20)24-19(28)8-7-16(27)14-5-3-4-6-17(14)29-2/h3-6,9-11H,7-8H2,1-2H3,(H,24,28). The Hall–Kier alpha value is -2.90. The lowest BCUT2D eigenvalue weighted by molar-refractivity contribution is -0.116. The summed E-state index contributed by atoms with van der Waals surface area (Å²) in [7, 11) is 1.50. The molecule has 0 bridgehead atoms. The SMILES string of the molecule is COc1ccccc1C(=O)CCC(=O)Nc1cc(C)nn1-c1ncc(Cl)cc1Cl. The molecule has 1 aromatic carbocycles. The topological polar surface area (TPSA) is 86.1 Å². The molecule has 0 saturated carbocycles. The van der Waals surface area contributed by atoms with E-state index in [1.165, 1.54) is 18.0 Å². The number of ketones is 1. The number of amides is 1. The number of para-hydroxylation sites is 1. The smallest absolute Gasteiger partial charge is 0.225 e. The van der Waals surface area contributed by atoms with Gasteiger partial charge in [0.05, 0.1) is 28.4 Å². The first-order valence-electron chi connectivity index (χ1n) is 8.73. The summed E-state index contributed by atoms with van der Waals surface area (Å²) in [6.07, 6.45) is 1.49. The number of carbonyl (C=O) groups is 2. The summed E-state index contributed by atoms with van der Waals surface area (Å²) in [4.78, 5) is 29.0. The van der Waals surface area contributed by atoms with Crippen molar-refractivity contribution in [3.63, 3.8) is 0 Å². The van der Waals surface area contributed by atoms with E-state index in [1.807, 2.05) is 0 Å². The molecule has 0 spiro atoms. The second kappa shape index (κ2) is 9.07. The number of methoxy groups -OCH3 is 1. The number of hydrogen-bond acceptors (Lipinski definition) is 5. The Morgan fingerprint density at radius 3 is 2.66 bits per heavy atom. The molecule has 1 amide bonds. The van der Waals surface area contributed by atoms with Crippen LogP contribution >= 0.6 is 23.2 Å². The van der Waals surface area contributed by atoms with E-state index in [0.717, 1.165) is 0 Å². The maximum atomic E-state index is 12.4. The van der Waals surface area contributed by atoms with Crippen LogP contribution in [0, 0.1) is 6.92 Å². The minimum absolute atomic E-state index is 0.00287. The van der Waals surface area contributed by atoms with E-state index in [0.29, 0.717) is 38.7 Å². The van der Waals surface area contributed by atoms with Crippen LogP contribution in [-0.4, -0.2) is 33.6 Å². The van der Waals surface area contributed by atoms with Gasteiger partial charge in [-0.2, -0.15) is 9.78 Å². The van der Waals surface area contributed by atoms with Crippen LogP contribution in [0.4, 0.5) is 5.82 Å². The highest BCUT2D eigenvalue weighted by Crippen LogP contribution is 2.25. The van der Waals surface area contributed by atoms with Crippen molar-refractivity contribution in [3.8, 4) is 11.6 Å². The lowest BCUT2D eigenvalue weighted by Crippen LogP contribution is -2.17. The second-order valence-corrected chi connectivity index (χ2v) is 7.06. The van der Waals surface area contributed by atoms with E-state index in [-0.39, 0.29) is 24.5 Å². The second-order valence-electron chi connectivity index (χ2n) is 6.21. The van der Waals surface area contributed by atoms with Crippen molar-refractivity contribution in [1.82, 2.24) is 14.8 Å². The zero-order valence-corrected chi connectivity index (χ0v) is 17.3. The molecule has 2 heterocycles. The number of anilines is 1. The Kier molecular flexibility index (Phi) is 6.51. The number of aromatic nitrogens is 3. The van der Waals surface area contributed by atoms with Gasteiger partial charge >= 0.3 is 0 Å². The van der Waals surface area contributed by atoms with Crippen molar-refractivity contribution in [2.45, 2.75) is 19.8 Å². The van der Waals surface area contributed by atoms with Gasteiger partial charge in [-0.1, -0.05) is 35.3 Å². The average Bonchev–Trinajstić information content (AvgIpc) is 3.05. The van der Waals surface area contributed by atoms with Crippen LogP contribution in [-0.2, 0) is 4.79 Å². The molecule has 9 heteroatoms. The average molecular weight is 433 g/mol. The quantitative estimate of drug-likeness (QED) is 0.555. The van der Waals surface area contributed by atoms with E-state index in [9.17, 15) is 9.59 Å². The summed E-state index contributed by atoms with van der Waals surface area (Å²) in [6.45, 7) is 1.78. The molecule has 7 nitrogen and oxygen atoms in total. The van der Waals surface area contributed by atoms with Gasteiger partial charge in [0.2, 0.25) is 5.91 Å². The molecular weight excluding hydrogens is 415 g/mol. The largest absolute Gasteiger partial charge is 0.496 e. The summed E-state index contributed by atoms with van der Waals surface area (Å²) in [5.74, 6) is 0.706. The van der Waals surface area contributed by atoms with Gasteiger partial charge in [0.25, 0.3) is 0 Å². The summed E-state index contributed by atoms with van der Waals surface area (Å²) in [5, 5.41) is 7.76. The Labute approximate surface area is 177 Å². The first-order chi connectivity index (χ1) is 13.9. The molecule has 1 N–H and O–H groups in total. The van der Waals surface area contributed by atoms with Crippen molar-refractivity contribution in [2.24, 2.45) is 0 Å². The predicted octanol–water partition coefficient (Wildman–Crippen LogP) is 4.49. The van der Waals surface area contributed by atoms with Gasteiger partial charge in [-0.25, -0.2) is 4.98 Å². The molecule has 0 radical (unpaired) electrons. The number of pyridine rings is 1. The fourth-order valence-corrected chi connectivity index (χ4v) is 3.22. The predicted molar refractivity (Wildman–Crippen MR) is 111 cm³/mol. The van der Waals surface area contributed by atoms with Gasteiger partial charge in [0.15, 0.2) is 11.6 Å². The Morgan fingerprint density at radius 1 is 1.17 bits per heavy atom. The van der Waals surface area contributed by atoms with Crippen molar-refractivity contribution in [1.29, 1.82) is 0 Å². The molecule has 0 fully saturated rings. The normalized spacial score (nSPS) is 10.6. The number of rotatable bonds is 7. The molecular formula is C20H18Cl2N4O3. The lowest BCUT2D eigenvalue weighted by atomic mass is 10.1. The van der Waals surface area contributed by atoms with E-state index < -0.39 is 0 Å². The number of carbonyl (C=O) groups excluding carboxylic acids is 2. The highest BCUT2D eigenvalue weighted by molar-refractivity contribution is 6.35. The van der Waals surface area contributed by atoms with Gasteiger partial charge in [-0.05, 0) is 25.1 Å². The molecule has 2 aromatic heterocycles. The first kappa shape index (κ1) is 20.8. The van der Waals surface area contributed by atoms with Crippen LogP contribution < -0.4 is 10.1 Å². The monoisotopic (exact) mass is 432 g/mol. The third-order valence-electron chi connectivity index (χ3n) is 4.07. The zero-order valence-electron chi connectivity index (χ0n) is 15.8. The molecule has 3 aromatic rings. The first-order valence-corrected chi connectivity index (χ1v) is 9.48. The summed E-state index contributed by atoms with van der Waals surface area (Å²) >= 11 is 12.1. The van der Waals surface area contributed by atoms with Crippen LogP contribution in [0.1, 0.15) is 28.9 Å². The third kappa shape index (κ3) is 4.93. The van der Waals surface area contributed by atoms with Gasteiger partial charge in [0.1, 0.15) is 11.6 Å². The number of ether oxygens (including phenoxy) is 1. The molecule has 3 rings (SSSR count). The summed E-state index contributed by atoms with van der Waals surface area (Å²) in [5.41, 5.74) is 1.11. The highest BCUT2D eigenvalue weighted by atomic mass is 35.5. The number of nitrogens with one attached hydrogen (secondary N) is 1. The van der Waals surface area contributed by atoms with Crippen molar-refractivity contribution in [2.75, 3.05) is 12.4 Å². The molecule has 0 unspecified atom stereocenters. The molecule has 150 valence electrons. The number of Topliss-reactive ketones (excluding diaryl/α,β-unsaturated/α-hetero) is 1. The van der Waals surface area contributed by atoms with Crippen LogP contribution in [0.25, 0.3) is 5.82 Å². The Morgan fingerprint density at radius 2 is 1.93 bits per heavy atom. The third-order valence-corrected chi connectivity index (χ3v) is 4.56. The Bertz CT molecular complexity index is 1070. The molecule has 0 saturated heterocycles. The van der Waals surface area contributed by atoms with Gasteiger partial charge in [-0.3, -0.25) is 9.59 Å². The highest BCUT2D eigenvalue weighted by Gasteiger charge is 2.17. The fraction of sp³-hybridized carbons (Fsp3) is 0.200. The van der Waals surface area contributed by atoms with Crippen molar-refractivity contribution in [3.05, 3.63) is 63.9 Å². The van der Waals surface area contributed by atoms with Gasteiger partial charge in [0, 0.05) is 25.1 Å². The van der Waals surface area contributed by atoms with Crippen LogP contribution in [0.15, 0.2) is 42.6 Å². The summed E-state index contributed by atoms with van der Waals surface area (Å²) in [6, 6.07) is 10.1. The maximum Gasteiger partial charge on any atom is 0.225 e. The molecule has 0 aliphatic carbocycles. The van der Waals surface area contributed by atoms with Crippen LogP contribution in [0.5, 0.6) is 5.75 Å². The van der Waals surface area contributed by atoms with E-state index in [2.05, 4.69) is 15.4 Å². The lowest BCUT2D eigenvalue weighted by Gasteiger charge is -2.10. The molecule has 0 atom stereocenters. The van der Waals surface area contributed by atoms with E-state index in [4.69, 9.17) is 27.9 Å². The van der Waals surface area contributed by atoms with Crippen LogP contribution in [0.2, 0.25) is 10.0 Å². The van der Waals surface area contributed by atoms with Crippen LogP contribution in [0.3, 0.4) is 0 Å². The van der Waals surface area contributed by atoms with Crippen molar-refractivity contribution < 1.29 is 14.3 Å².